The van der Waals surface area contributed by atoms with Crippen molar-refractivity contribution in [3.05, 3.63) is 54.4 Å². The van der Waals surface area contributed by atoms with E-state index in [0.29, 0.717) is 29.8 Å². The van der Waals surface area contributed by atoms with Gasteiger partial charge in [0.2, 0.25) is 17.8 Å². The maximum absolute atomic E-state index is 15.6. The number of benzene rings is 2. The molecule has 0 aliphatic carbocycles. The summed E-state index contributed by atoms with van der Waals surface area (Å²) in [6.07, 6.45) is -0.300. The number of hydrogen-bond acceptors (Lipinski definition) is 11. The highest BCUT2D eigenvalue weighted by atomic mass is 19.1. The Morgan fingerprint density at radius 3 is 2.55 bits per heavy atom. The molecule has 7 rings (SSSR count). The van der Waals surface area contributed by atoms with E-state index in [9.17, 15) is 14.9 Å². The minimum absolute atomic E-state index is 0.157. The van der Waals surface area contributed by atoms with E-state index in [4.69, 9.17) is 9.47 Å². The summed E-state index contributed by atoms with van der Waals surface area (Å²) in [5.41, 5.74) is 2.01. The lowest BCUT2D eigenvalue weighted by Gasteiger charge is -2.46. The number of alkyl halides is 1. The normalized spacial score (nSPS) is 24.1. The second-order valence-electron chi connectivity index (χ2n) is 13.8. The first-order valence-electron chi connectivity index (χ1n) is 16.7. The van der Waals surface area contributed by atoms with Crippen LogP contribution in [0.15, 0.2) is 48.8 Å². The van der Waals surface area contributed by atoms with Crippen LogP contribution in [0, 0.1) is 16.7 Å². The molecule has 4 saturated heterocycles. The first kappa shape index (κ1) is 32.7. The number of anilines is 3. The number of hydrogen-bond donors (Lipinski definition) is 2. The fraction of sp³-hybridized carbons (Fsp3) is 0.486. The topological polar surface area (TPSA) is 149 Å². The second kappa shape index (κ2) is 13.6. The summed E-state index contributed by atoms with van der Waals surface area (Å²) in [5.74, 6) is 0.501. The van der Waals surface area contributed by atoms with Crippen molar-refractivity contribution >= 4 is 29.1 Å². The van der Waals surface area contributed by atoms with Gasteiger partial charge in [0.1, 0.15) is 30.3 Å². The van der Waals surface area contributed by atoms with Gasteiger partial charge in [0.25, 0.3) is 0 Å². The van der Waals surface area contributed by atoms with Gasteiger partial charge in [-0.05, 0) is 48.9 Å². The van der Waals surface area contributed by atoms with Crippen molar-refractivity contribution in [2.24, 2.45) is 5.41 Å². The fourth-order valence-corrected chi connectivity index (χ4v) is 7.02. The zero-order valence-electron chi connectivity index (χ0n) is 27.6. The molecule has 1 unspecified atom stereocenters. The molecule has 4 aliphatic heterocycles. The number of nitrogens with one attached hydrogen (secondary N) is 2. The molecule has 2 aromatic carbocycles. The number of nitrogens with zero attached hydrogens (tertiary/aromatic N) is 7. The average Bonchev–Trinajstić information content (AvgIpc) is 3.52. The smallest absolute Gasteiger partial charge is 0.245 e. The molecule has 49 heavy (non-hydrogen) atoms. The van der Waals surface area contributed by atoms with Crippen molar-refractivity contribution < 1.29 is 23.5 Å². The summed E-state index contributed by atoms with van der Waals surface area (Å²) >= 11 is 0. The zero-order chi connectivity index (χ0) is 34.1. The van der Waals surface area contributed by atoms with Gasteiger partial charge >= 0.3 is 0 Å². The van der Waals surface area contributed by atoms with Gasteiger partial charge in [0.15, 0.2) is 12.0 Å². The molecule has 14 heteroatoms. The van der Waals surface area contributed by atoms with Gasteiger partial charge in [0, 0.05) is 61.5 Å². The summed E-state index contributed by atoms with van der Waals surface area (Å²) in [6.45, 7) is 9.45. The van der Waals surface area contributed by atoms with Crippen molar-refractivity contribution in [1.29, 1.82) is 5.26 Å². The van der Waals surface area contributed by atoms with Crippen LogP contribution in [-0.2, 0) is 14.3 Å². The van der Waals surface area contributed by atoms with Gasteiger partial charge in [-0.2, -0.15) is 10.2 Å². The van der Waals surface area contributed by atoms with E-state index in [2.05, 4.69) is 53.6 Å². The highest BCUT2D eigenvalue weighted by Gasteiger charge is 2.47. The molecule has 1 aromatic heterocycles. The van der Waals surface area contributed by atoms with Crippen LogP contribution in [0.4, 0.5) is 21.7 Å². The number of likely N-dealkylation sites (tertiary alicyclic amines) is 1. The monoisotopic (exact) mass is 669 g/mol. The van der Waals surface area contributed by atoms with Crippen LogP contribution >= 0.6 is 0 Å². The van der Waals surface area contributed by atoms with E-state index in [-0.39, 0.29) is 42.6 Å². The third kappa shape index (κ3) is 7.00. The van der Waals surface area contributed by atoms with E-state index in [0.717, 1.165) is 45.1 Å². The summed E-state index contributed by atoms with van der Waals surface area (Å²) < 4.78 is 27.2. The van der Waals surface area contributed by atoms with Crippen LogP contribution in [0.25, 0.3) is 11.4 Å². The van der Waals surface area contributed by atoms with Crippen LogP contribution in [0.1, 0.15) is 32.3 Å². The molecule has 256 valence electrons. The number of rotatable bonds is 8. The predicted octanol–water partition coefficient (Wildman–Crippen LogP) is 2.91. The largest absolute Gasteiger partial charge is 0.485 e. The number of amides is 2. The Balaban J connectivity index is 0.988. The van der Waals surface area contributed by atoms with Crippen LogP contribution in [0.5, 0.6) is 5.75 Å². The third-order valence-corrected chi connectivity index (χ3v) is 9.82. The highest BCUT2D eigenvalue weighted by Crippen LogP contribution is 2.37. The third-order valence-electron chi connectivity index (χ3n) is 9.82. The van der Waals surface area contributed by atoms with Crippen molar-refractivity contribution in [3.63, 3.8) is 0 Å². The molecule has 2 amide bonds. The Kier molecular flexibility index (Phi) is 9.04. The molecule has 0 spiro atoms. The van der Waals surface area contributed by atoms with Gasteiger partial charge < -0.3 is 29.9 Å². The van der Waals surface area contributed by atoms with Crippen LogP contribution in [-0.4, -0.2) is 113 Å². The van der Waals surface area contributed by atoms with Crippen molar-refractivity contribution in [1.82, 2.24) is 30.1 Å². The molecule has 0 saturated carbocycles. The van der Waals surface area contributed by atoms with Gasteiger partial charge in [-0.15, -0.1) is 0 Å². The standard InChI is InChI=1S/C35H40FN9O4/c1-35(2)20-45(33(47)28-8-10-30(46)41-28)17-27(36)31(35)49-29-9-3-22(15-23(29)16-37)32-38-21-39-34(42-32)40-24-4-6-25(7-5-24)43-11-13-44(14-12-43)26-18-48-19-26/h3-7,9,15,21,26-28,31H,8,10-14,17-20H2,1-2H3,(H,41,46)(H,38,39,40,42)/t27-,28?,31-/m0/s1. The lowest BCUT2D eigenvalue weighted by molar-refractivity contribution is -0.144. The van der Waals surface area contributed by atoms with Gasteiger partial charge in [-0.25, -0.2) is 14.4 Å². The van der Waals surface area contributed by atoms with Crippen molar-refractivity contribution in [2.45, 2.75) is 51.0 Å². The number of ether oxygens (including phenoxy) is 2. The molecule has 0 bridgehead atoms. The van der Waals surface area contributed by atoms with Gasteiger partial charge in [-0.1, -0.05) is 13.8 Å². The fourth-order valence-electron chi connectivity index (χ4n) is 7.02. The van der Waals surface area contributed by atoms with Crippen LogP contribution in [0.3, 0.4) is 0 Å². The number of carbonyl (C=O) groups is 2. The number of piperidine rings is 1. The zero-order valence-corrected chi connectivity index (χ0v) is 27.6. The maximum atomic E-state index is 15.6. The van der Waals surface area contributed by atoms with E-state index in [1.165, 1.54) is 16.9 Å². The van der Waals surface area contributed by atoms with E-state index in [1.807, 2.05) is 26.0 Å². The number of carbonyl (C=O) groups excluding carboxylic acids is 2. The molecular formula is C35H40FN9O4. The molecule has 5 heterocycles. The molecule has 3 atom stereocenters. The SMILES string of the molecule is CC1(C)CN(C(=O)C2CCC(=O)N2)C[C@H](F)[C@@H]1Oc1ccc(-c2ncnc(Nc3ccc(N4CCN(C5COC5)CC4)cc3)n2)cc1C#N. The van der Waals surface area contributed by atoms with Crippen LogP contribution in [0.2, 0.25) is 0 Å². The molecular weight excluding hydrogens is 629 g/mol. The first-order valence-corrected chi connectivity index (χ1v) is 16.7. The van der Waals surface area contributed by atoms with Crippen LogP contribution < -0.4 is 20.3 Å². The summed E-state index contributed by atoms with van der Waals surface area (Å²) in [7, 11) is 0. The Bertz CT molecular complexity index is 1740. The first-order chi connectivity index (χ1) is 23.7. The summed E-state index contributed by atoms with van der Waals surface area (Å²) in [5, 5.41) is 15.9. The predicted molar refractivity (Wildman–Crippen MR) is 179 cm³/mol. The van der Waals surface area contributed by atoms with Gasteiger partial charge in [-0.3, -0.25) is 14.5 Å². The number of piperazine rings is 1. The minimum atomic E-state index is -1.50. The Morgan fingerprint density at radius 1 is 1.12 bits per heavy atom. The van der Waals surface area contributed by atoms with E-state index >= 15 is 4.39 Å². The summed E-state index contributed by atoms with van der Waals surface area (Å²) in [6, 6.07) is 15.2. The lowest BCUT2D eigenvalue weighted by Crippen LogP contribution is -2.61. The van der Waals surface area contributed by atoms with Crippen molar-refractivity contribution in [3.8, 4) is 23.2 Å². The number of halogens is 1. The molecule has 3 aromatic rings. The van der Waals surface area contributed by atoms with E-state index < -0.39 is 23.7 Å². The average molecular weight is 670 g/mol. The quantitative estimate of drug-likeness (QED) is 0.365. The molecule has 0 radical (unpaired) electrons. The van der Waals surface area contributed by atoms with Gasteiger partial charge in [0.05, 0.1) is 31.4 Å². The van der Waals surface area contributed by atoms with E-state index in [1.54, 1.807) is 18.2 Å². The Labute approximate surface area is 284 Å². The Morgan fingerprint density at radius 2 is 1.90 bits per heavy atom. The minimum Gasteiger partial charge on any atom is -0.485 e. The van der Waals surface area contributed by atoms with Crippen molar-refractivity contribution in [2.75, 3.05) is 62.7 Å². The Hall–Kier alpha value is -4.87. The maximum Gasteiger partial charge on any atom is 0.245 e. The molecule has 4 fully saturated rings. The second-order valence-corrected chi connectivity index (χ2v) is 13.8. The molecule has 4 aliphatic rings. The highest BCUT2D eigenvalue weighted by molar-refractivity contribution is 5.91. The molecule has 13 nitrogen and oxygen atoms in total. The number of nitriles is 1. The lowest BCUT2D eigenvalue weighted by atomic mass is 9.79. The molecule has 2 N–H and O–H groups in total. The number of aromatic nitrogens is 3. The summed E-state index contributed by atoms with van der Waals surface area (Å²) in [4.78, 5) is 44.1.